The molecule has 0 spiro atoms. The van der Waals surface area contributed by atoms with Gasteiger partial charge in [0.25, 0.3) is 0 Å². The number of ether oxygens (including phenoxy) is 1. The number of fused-ring (bicyclic) bond motifs is 2. The van der Waals surface area contributed by atoms with Crippen LogP contribution in [0.15, 0.2) is 0 Å². The summed E-state index contributed by atoms with van der Waals surface area (Å²) in [6.07, 6.45) is 6.48. The molecule has 0 unspecified atom stereocenters. The topological polar surface area (TPSA) is 29.5 Å². The zero-order chi connectivity index (χ0) is 12.7. The van der Waals surface area contributed by atoms with Crippen LogP contribution in [0, 0.1) is 17.8 Å². The first-order valence-electron chi connectivity index (χ1n) is 7.54. The minimum absolute atomic E-state index is 0.199. The van der Waals surface area contributed by atoms with Gasteiger partial charge in [-0.2, -0.15) is 0 Å². The van der Waals surface area contributed by atoms with Gasteiger partial charge in [0.15, 0.2) is 0 Å². The maximum Gasteiger partial charge on any atom is 0.223 e. The highest BCUT2D eigenvalue weighted by molar-refractivity contribution is 5.77. The van der Waals surface area contributed by atoms with Crippen molar-refractivity contribution in [1.29, 1.82) is 0 Å². The van der Waals surface area contributed by atoms with Gasteiger partial charge in [-0.3, -0.25) is 4.79 Å². The van der Waals surface area contributed by atoms with Gasteiger partial charge in [0.2, 0.25) is 5.91 Å². The fourth-order valence-corrected chi connectivity index (χ4v) is 4.22. The van der Waals surface area contributed by atoms with Crippen molar-refractivity contribution >= 4 is 5.91 Å². The van der Waals surface area contributed by atoms with Crippen LogP contribution in [0.1, 0.15) is 46.0 Å². The first-order chi connectivity index (χ1) is 8.63. The van der Waals surface area contributed by atoms with Crippen LogP contribution in [-0.4, -0.2) is 36.1 Å². The third-order valence-corrected chi connectivity index (χ3v) is 5.25. The van der Waals surface area contributed by atoms with E-state index in [0.29, 0.717) is 18.4 Å². The monoisotopic (exact) mass is 251 g/mol. The van der Waals surface area contributed by atoms with E-state index in [-0.39, 0.29) is 12.1 Å². The van der Waals surface area contributed by atoms with Crippen LogP contribution in [0.3, 0.4) is 0 Å². The summed E-state index contributed by atoms with van der Waals surface area (Å²) in [7, 11) is 0. The fourth-order valence-electron chi connectivity index (χ4n) is 4.22. The number of carbonyl (C=O) groups is 1. The Kier molecular flexibility index (Phi) is 3.35. The second kappa shape index (κ2) is 4.84. The van der Waals surface area contributed by atoms with Gasteiger partial charge in [0, 0.05) is 13.0 Å². The second-order valence-electron chi connectivity index (χ2n) is 6.68. The predicted octanol–water partition coefficient (Wildman–Crippen LogP) is 2.45. The Bertz CT molecular complexity index is 330. The zero-order valence-electron chi connectivity index (χ0n) is 11.6. The molecule has 0 N–H and O–H groups in total. The number of rotatable bonds is 2. The number of amides is 1. The van der Waals surface area contributed by atoms with E-state index in [0.717, 1.165) is 24.8 Å². The maximum atomic E-state index is 12.5. The van der Waals surface area contributed by atoms with E-state index < -0.39 is 0 Å². The summed E-state index contributed by atoms with van der Waals surface area (Å²) in [4.78, 5) is 14.5. The summed E-state index contributed by atoms with van der Waals surface area (Å²) in [6.45, 7) is 5.64. The van der Waals surface area contributed by atoms with Crippen molar-refractivity contribution in [2.45, 2.75) is 58.1 Å². The van der Waals surface area contributed by atoms with Crippen molar-refractivity contribution in [3.8, 4) is 0 Å². The lowest BCUT2D eigenvalue weighted by Gasteiger charge is -2.38. The molecule has 3 nitrogen and oxygen atoms in total. The van der Waals surface area contributed by atoms with Gasteiger partial charge >= 0.3 is 0 Å². The Morgan fingerprint density at radius 3 is 2.78 bits per heavy atom. The smallest absolute Gasteiger partial charge is 0.223 e. The van der Waals surface area contributed by atoms with E-state index in [1.165, 1.54) is 25.7 Å². The molecule has 0 aromatic heterocycles. The van der Waals surface area contributed by atoms with E-state index in [4.69, 9.17) is 4.74 Å². The van der Waals surface area contributed by atoms with Crippen LogP contribution in [0.2, 0.25) is 0 Å². The van der Waals surface area contributed by atoms with Crippen LogP contribution in [0.4, 0.5) is 0 Å². The first-order valence-corrected chi connectivity index (χ1v) is 7.54. The van der Waals surface area contributed by atoms with Crippen LogP contribution in [0.5, 0.6) is 0 Å². The largest absolute Gasteiger partial charge is 0.375 e. The van der Waals surface area contributed by atoms with E-state index in [2.05, 4.69) is 18.7 Å². The molecule has 1 aliphatic heterocycles. The Hall–Kier alpha value is -0.570. The number of carbonyl (C=O) groups excluding carboxylic acids is 1. The molecule has 3 aliphatic rings. The molecule has 0 radical (unpaired) electrons. The number of hydrogen-bond acceptors (Lipinski definition) is 2. The highest BCUT2D eigenvalue weighted by atomic mass is 16.5. The number of nitrogens with zero attached hydrogens (tertiary/aromatic N) is 1. The fraction of sp³-hybridized carbons (Fsp3) is 0.933. The Morgan fingerprint density at radius 2 is 2.11 bits per heavy atom. The summed E-state index contributed by atoms with van der Waals surface area (Å²) in [5.74, 6) is 2.85. The highest BCUT2D eigenvalue weighted by Crippen LogP contribution is 2.49. The molecule has 1 saturated heterocycles. The van der Waals surface area contributed by atoms with Gasteiger partial charge in [-0.1, -0.05) is 6.42 Å². The van der Waals surface area contributed by atoms with Crippen molar-refractivity contribution in [3.63, 3.8) is 0 Å². The Labute approximate surface area is 110 Å². The summed E-state index contributed by atoms with van der Waals surface area (Å²) >= 11 is 0. The highest BCUT2D eigenvalue weighted by Gasteiger charge is 2.41. The van der Waals surface area contributed by atoms with E-state index in [1.54, 1.807) is 0 Å². The van der Waals surface area contributed by atoms with Gasteiger partial charge in [0.05, 0.1) is 18.8 Å². The molecule has 102 valence electrons. The Balaban J connectivity index is 1.57. The van der Waals surface area contributed by atoms with Crippen molar-refractivity contribution in [2.24, 2.45) is 17.8 Å². The SMILES string of the molecule is C[C@@H]1CN(C(=O)C[C@@H]2C[C@H]3CC[C@H]2C3)[C@@H](C)CO1. The van der Waals surface area contributed by atoms with Gasteiger partial charge in [0.1, 0.15) is 0 Å². The first kappa shape index (κ1) is 12.5. The molecule has 0 aromatic rings. The molecule has 3 rings (SSSR count). The molecule has 3 fully saturated rings. The number of morpholine rings is 1. The molecule has 1 amide bonds. The number of hydrogen-bond donors (Lipinski definition) is 0. The van der Waals surface area contributed by atoms with E-state index in [9.17, 15) is 4.79 Å². The van der Waals surface area contributed by atoms with Crippen LogP contribution in [-0.2, 0) is 9.53 Å². The van der Waals surface area contributed by atoms with Crippen molar-refractivity contribution < 1.29 is 9.53 Å². The van der Waals surface area contributed by atoms with Gasteiger partial charge < -0.3 is 9.64 Å². The van der Waals surface area contributed by atoms with Crippen LogP contribution in [0.25, 0.3) is 0 Å². The molecule has 5 atom stereocenters. The minimum Gasteiger partial charge on any atom is -0.375 e. The molecule has 0 aromatic carbocycles. The molecular weight excluding hydrogens is 226 g/mol. The summed E-state index contributed by atoms with van der Waals surface area (Å²) in [6, 6.07) is 0.257. The van der Waals surface area contributed by atoms with Crippen molar-refractivity contribution in [3.05, 3.63) is 0 Å². The normalized spacial score (nSPS) is 43.4. The summed E-state index contributed by atoms with van der Waals surface area (Å²) < 4.78 is 5.60. The minimum atomic E-state index is 0.199. The molecule has 2 bridgehead atoms. The average molecular weight is 251 g/mol. The molecule has 2 aliphatic carbocycles. The van der Waals surface area contributed by atoms with Crippen molar-refractivity contribution in [2.75, 3.05) is 13.2 Å². The van der Waals surface area contributed by atoms with Gasteiger partial charge in [-0.25, -0.2) is 0 Å². The quantitative estimate of drug-likeness (QED) is 0.754. The lowest BCUT2D eigenvalue weighted by Crippen LogP contribution is -2.50. The second-order valence-corrected chi connectivity index (χ2v) is 6.68. The van der Waals surface area contributed by atoms with Crippen LogP contribution < -0.4 is 0 Å². The average Bonchev–Trinajstić information content (AvgIpc) is 2.94. The third-order valence-electron chi connectivity index (χ3n) is 5.25. The molecule has 3 heteroatoms. The molecule has 2 saturated carbocycles. The maximum absolute atomic E-state index is 12.5. The van der Waals surface area contributed by atoms with Gasteiger partial charge in [-0.15, -0.1) is 0 Å². The van der Waals surface area contributed by atoms with Crippen molar-refractivity contribution in [1.82, 2.24) is 4.90 Å². The molecule has 1 heterocycles. The van der Waals surface area contributed by atoms with Gasteiger partial charge in [-0.05, 0) is 50.9 Å². The third kappa shape index (κ3) is 2.29. The lowest BCUT2D eigenvalue weighted by molar-refractivity contribution is -0.144. The lowest BCUT2D eigenvalue weighted by atomic mass is 9.86. The van der Waals surface area contributed by atoms with E-state index in [1.807, 2.05) is 0 Å². The molecule has 18 heavy (non-hydrogen) atoms. The summed E-state index contributed by atoms with van der Waals surface area (Å²) in [5.41, 5.74) is 0. The standard InChI is InChI=1S/C15H25NO2/c1-10-9-18-11(2)8-16(10)15(17)7-14-6-12-3-4-13(14)5-12/h10-14H,3-9H2,1-2H3/t10-,11+,12-,13-,14-/m0/s1. The summed E-state index contributed by atoms with van der Waals surface area (Å²) in [5, 5.41) is 0. The Morgan fingerprint density at radius 1 is 1.28 bits per heavy atom. The van der Waals surface area contributed by atoms with Crippen LogP contribution >= 0.6 is 0 Å². The zero-order valence-corrected chi connectivity index (χ0v) is 11.6. The predicted molar refractivity (Wildman–Crippen MR) is 70.1 cm³/mol. The molecular formula is C15H25NO2. The van der Waals surface area contributed by atoms with E-state index >= 15 is 0 Å².